The maximum atomic E-state index is 12.7. The van der Waals surface area contributed by atoms with Gasteiger partial charge in [0.2, 0.25) is 0 Å². The SMILES string of the molecule is Cn1c(-c2ccccc2)c(-c2c(O)c3ccccc3oc2=O)n(C)c1=O. The van der Waals surface area contributed by atoms with Crippen molar-refractivity contribution in [1.82, 2.24) is 9.13 Å². The van der Waals surface area contributed by atoms with Gasteiger partial charge in [0.15, 0.2) is 0 Å². The summed E-state index contributed by atoms with van der Waals surface area (Å²) in [6.07, 6.45) is 0. The van der Waals surface area contributed by atoms with Gasteiger partial charge in [-0.3, -0.25) is 9.13 Å². The van der Waals surface area contributed by atoms with Crippen molar-refractivity contribution >= 4 is 11.0 Å². The number of nitrogens with zero attached hydrogens (tertiary/aromatic N) is 2. The summed E-state index contributed by atoms with van der Waals surface area (Å²) in [6, 6.07) is 16.0. The molecular weight excluding hydrogens is 332 g/mol. The van der Waals surface area contributed by atoms with E-state index in [2.05, 4.69) is 0 Å². The highest BCUT2D eigenvalue weighted by atomic mass is 16.4. The van der Waals surface area contributed by atoms with Crippen molar-refractivity contribution in [1.29, 1.82) is 0 Å². The second kappa shape index (κ2) is 5.77. The summed E-state index contributed by atoms with van der Waals surface area (Å²) in [4.78, 5) is 25.2. The predicted molar refractivity (Wildman–Crippen MR) is 99.2 cm³/mol. The van der Waals surface area contributed by atoms with E-state index in [1.807, 2.05) is 30.3 Å². The van der Waals surface area contributed by atoms with E-state index in [9.17, 15) is 14.7 Å². The maximum Gasteiger partial charge on any atom is 0.349 e. The van der Waals surface area contributed by atoms with Gasteiger partial charge >= 0.3 is 11.3 Å². The molecule has 0 fully saturated rings. The Hall–Kier alpha value is -3.54. The second-order valence-electron chi connectivity index (χ2n) is 6.07. The molecule has 2 heterocycles. The first-order valence-electron chi connectivity index (χ1n) is 8.07. The van der Waals surface area contributed by atoms with Crippen molar-refractivity contribution in [3.8, 4) is 28.3 Å². The van der Waals surface area contributed by atoms with Crippen LogP contribution in [0.5, 0.6) is 5.75 Å². The summed E-state index contributed by atoms with van der Waals surface area (Å²) in [5.74, 6) is -0.199. The summed E-state index contributed by atoms with van der Waals surface area (Å²) in [7, 11) is 3.20. The molecule has 0 aliphatic carbocycles. The first kappa shape index (κ1) is 16.0. The monoisotopic (exact) mass is 348 g/mol. The van der Waals surface area contributed by atoms with Crippen LogP contribution in [0.3, 0.4) is 0 Å². The van der Waals surface area contributed by atoms with Gasteiger partial charge < -0.3 is 9.52 Å². The largest absolute Gasteiger partial charge is 0.506 e. The van der Waals surface area contributed by atoms with Crippen molar-refractivity contribution in [2.45, 2.75) is 0 Å². The molecule has 4 rings (SSSR count). The summed E-state index contributed by atoms with van der Waals surface area (Å²) in [6.45, 7) is 0. The number of benzene rings is 2. The zero-order chi connectivity index (χ0) is 18.4. The fourth-order valence-corrected chi connectivity index (χ4v) is 3.29. The molecule has 4 aromatic rings. The summed E-state index contributed by atoms with van der Waals surface area (Å²) in [5, 5.41) is 11.2. The van der Waals surface area contributed by atoms with Gasteiger partial charge in [-0.1, -0.05) is 42.5 Å². The molecule has 0 atom stereocenters. The highest BCUT2D eigenvalue weighted by molar-refractivity contribution is 5.92. The molecule has 2 aromatic heterocycles. The average molecular weight is 348 g/mol. The minimum Gasteiger partial charge on any atom is -0.506 e. The molecule has 6 heteroatoms. The van der Waals surface area contributed by atoms with Crippen LogP contribution in [0.15, 0.2) is 68.6 Å². The Balaban J connectivity index is 2.16. The molecule has 1 N–H and O–H groups in total. The first-order chi connectivity index (χ1) is 12.5. The average Bonchev–Trinajstić information content (AvgIpc) is 2.87. The van der Waals surface area contributed by atoms with Crippen molar-refractivity contribution < 1.29 is 9.52 Å². The van der Waals surface area contributed by atoms with Gasteiger partial charge in [-0.2, -0.15) is 0 Å². The first-order valence-corrected chi connectivity index (χ1v) is 8.07. The molecule has 0 saturated heterocycles. The summed E-state index contributed by atoms with van der Waals surface area (Å²) >= 11 is 0. The molecule has 0 aliphatic rings. The van der Waals surface area contributed by atoms with Crippen LogP contribution in [0.2, 0.25) is 0 Å². The van der Waals surface area contributed by atoms with E-state index >= 15 is 0 Å². The number of hydrogen-bond acceptors (Lipinski definition) is 4. The summed E-state index contributed by atoms with van der Waals surface area (Å²) in [5.41, 5.74) is 0.889. The van der Waals surface area contributed by atoms with Gasteiger partial charge in [0.25, 0.3) is 0 Å². The predicted octanol–water partition coefficient (Wildman–Crippen LogP) is 2.87. The van der Waals surface area contributed by atoms with Crippen LogP contribution >= 0.6 is 0 Å². The molecular formula is C20H16N2O4. The van der Waals surface area contributed by atoms with E-state index in [-0.39, 0.29) is 17.0 Å². The third kappa shape index (κ3) is 2.19. The Morgan fingerprint density at radius 3 is 2.19 bits per heavy atom. The molecule has 0 bridgehead atoms. The van der Waals surface area contributed by atoms with Crippen molar-refractivity contribution in [2.75, 3.05) is 0 Å². The van der Waals surface area contributed by atoms with Crippen LogP contribution < -0.4 is 11.3 Å². The topological polar surface area (TPSA) is 77.4 Å². The zero-order valence-electron chi connectivity index (χ0n) is 14.3. The minimum absolute atomic E-state index is 0.0252. The van der Waals surface area contributed by atoms with E-state index in [0.29, 0.717) is 22.4 Å². The Morgan fingerprint density at radius 1 is 0.846 bits per heavy atom. The van der Waals surface area contributed by atoms with Crippen molar-refractivity contribution in [3.05, 3.63) is 75.5 Å². The van der Waals surface area contributed by atoms with Gasteiger partial charge in [-0.15, -0.1) is 0 Å². The lowest BCUT2D eigenvalue weighted by Crippen LogP contribution is -2.20. The van der Waals surface area contributed by atoms with Crippen LogP contribution in [0.1, 0.15) is 0 Å². The number of fused-ring (bicyclic) bond motifs is 1. The van der Waals surface area contributed by atoms with E-state index in [0.717, 1.165) is 5.56 Å². The number of aromatic nitrogens is 2. The highest BCUT2D eigenvalue weighted by Crippen LogP contribution is 2.37. The lowest BCUT2D eigenvalue weighted by molar-refractivity contribution is 0.470. The lowest BCUT2D eigenvalue weighted by atomic mass is 10.0. The van der Waals surface area contributed by atoms with Gasteiger partial charge in [0.05, 0.1) is 16.8 Å². The number of imidazole rings is 1. The number of aromatic hydroxyl groups is 1. The van der Waals surface area contributed by atoms with Gasteiger partial charge in [0, 0.05) is 19.7 Å². The number of rotatable bonds is 2. The highest BCUT2D eigenvalue weighted by Gasteiger charge is 2.25. The quantitative estimate of drug-likeness (QED) is 0.565. The Kier molecular flexibility index (Phi) is 3.54. The third-order valence-electron chi connectivity index (χ3n) is 4.54. The second-order valence-corrected chi connectivity index (χ2v) is 6.07. The van der Waals surface area contributed by atoms with Crippen molar-refractivity contribution in [2.24, 2.45) is 14.1 Å². The van der Waals surface area contributed by atoms with Gasteiger partial charge in [-0.05, 0) is 12.1 Å². The van der Waals surface area contributed by atoms with Gasteiger partial charge in [-0.25, -0.2) is 9.59 Å². The number of para-hydroxylation sites is 1. The van der Waals surface area contributed by atoms with Crippen LogP contribution in [0, 0.1) is 0 Å². The molecule has 26 heavy (non-hydrogen) atoms. The smallest absolute Gasteiger partial charge is 0.349 e. The molecule has 0 spiro atoms. The molecule has 0 radical (unpaired) electrons. The van der Waals surface area contributed by atoms with Crippen LogP contribution in [0.4, 0.5) is 0 Å². The van der Waals surface area contributed by atoms with Crippen LogP contribution in [-0.2, 0) is 14.1 Å². The summed E-state index contributed by atoms with van der Waals surface area (Å²) < 4.78 is 8.19. The molecule has 6 nitrogen and oxygen atoms in total. The molecule has 0 saturated carbocycles. The molecule has 0 aliphatic heterocycles. The Labute approximate surface area is 148 Å². The fraction of sp³-hybridized carbons (Fsp3) is 0.100. The maximum absolute atomic E-state index is 12.7. The van der Waals surface area contributed by atoms with E-state index in [4.69, 9.17) is 4.42 Å². The Bertz CT molecular complexity index is 1250. The van der Waals surface area contributed by atoms with E-state index < -0.39 is 5.63 Å². The standard InChI is InChI=1S/C20H16N2O4/c1-21-16(12-8-4-3-5-9-12)17(22(2)20(21)25)15-18(23)13-10-6-7-11-14(13)26-19(15)24/h3-11,23H,1-2H3. The Morgan fingerprint density at radius 2 is 1.46 bits per heavy atom. The van der Waals surface area contributed by atoms with Crippen molar-refractivity contribution in [3.63, 3.8) is 0 Å². The van der Waals surface area contributed by atoms with E-state index in [1.165, 1.54) is 9.13 Å². The minimum atomic E-state index is -0.695. The molecule has 0 amide bonds. The molecule has 130 valence electrons. The van der Waals surface area contributed by atoms with Gasteiger partial charge in [0.1, 0.15) is 16.9 Å². The molecule has 2 aromatic carbocycles. The third-order valence-corrected chi connectivity index (χ3v) is 4.54. The number of hydrogen-bond donors (Lipinski definition) is 1. The van der Waals surface area contributed by atoms with Crippen LogP contribution in [0.25, 0.3) is 33.5 Å². The zero-order valence-corrected chi connectivity index (χ0v) is 14.3. The van der Waals surface area contributed by atoms with E-state index in [1.54, 1.807) is 38.4 Å². The normalized spacial score (nSPS) is 11.2. The fourth-order valence-electron chi connectivity index (χ4n) is 3.29. The lowest BCUT2D eigenvalue weighted by Gasteiger charge is -2.10. The molecule has 0 unspecified atom stereocenters. The van der Waals surface area contributed by atoms with Crippen LogP contribution in [-0.4, -0.2) is 14.2 Å².